The minimum absolute atomic E-state index is 0.0277. The lowest BCUT2D eigenvalue weighted by atomic mass is 9.88. The minimum atomic E-state index is -0.605. The van der Waals surface area contributed by atoms with Crippen LogP contribution in [-0.4, -0.2) is 30.0 Å². The molecule has 6 nitrogen and oxygen atoms in total. The molecule has 0 fully saturated rings. The summed E-state index contributed by atoms with van der Waals surface area (Å²) in [7, 11) is 0. The Bertz CT molecular complexity index is 803. The zero-order valence-electron chi connectivity index (χ0n) is 14.4. The molecule has 7 heteroatoms. The minimum Gasteiger partial charge on any atom is -0.451 e. The maximum Gasteiger partial charge on any atom is 0.358 e. The number of benzene rings is 1. The van der Waals surface area contributed by atoms with E-state index in [0.717, 1.165) is 24.8 Å². The van der Waals surface area contributed by atoms with Crippen LogP contribution in [0.3, 0.4) is 0 Å². The first-order valence-corrected chi connectivity index (χ1v) is 9.40. The molecular formula is C19H21N3O3S. The molecule has 2 aromatic rings. The average Bonchev–Trinajstić information content (AvgIpc) is 3.14. The second kappa shape index (κ2) is 8.62. The largest absolute Gasteiger partial charge is 0.451 e. The number of nitrogens with zero attached hydrogens (tertiary/aromatic N) is 1. The highest BCUT2D eigenvalue weighted by atomic mass is 32.1. The Morgan fingerprint density at radius 1 is 1.38 bits per heavy atom. The number of hydrogen-bond donors (Lipinski definition) is 2. The molecule has 1 aromatic heterocycles. The van der Waals surface area contributed by atoms with E-state index in [1.165, 1.54) is 16.9 Å². The molecule has 26 heavy (non-hydrogen) atoms. The zero-order valence-corrected chi connectivity index (χ0v) is 15.2. The van der Waals surface area contributed by atoms with Gasteiger partial charge in [-0.15, -0.1) is 17.9 Å². The Hall–Kier alpha value is -2.67. The van der Waals surface area contributed by atoms with Crippen molar-refractivity contribution in [3.8, 4) is 0 Å². The van der Waals surface area contributed by atoms with E-state index in [9.17, 15) is 9.59 Å². The van der Waals surface area contributed by atoms with Gasteiger partial charge in [-0.25, -0.2) is 9.78 Å². The van der Waals surface area contributed by atoms with Gasteiger partial charge in [0.2, 0.25) is 0 Å². The van der Waals surface area contributed by atoms with Gasteiger partial charge in [-0.1, -0.05) is 30.3 Å². The average molecular weight is 371 g/mol. The molecule has 1 aliphatic carbocycles. The Kier molecular flexibility index (Phi) is 6.01. The fraction of sp³-hybridized carbons (Fsp3) is 0.316. The quantitative estimate of drug-likeness (QED) is 0.577. The lowest BCUT2D eigenvalue weighted by Crippen LogP contribution is -2.34. The number of amides is 1. The number of nitrogens with one attached hydrogen (secondary N) is 2. The van der Waals surface area contributed by atoms with Gasteiger partial charge in [0, 0.05) is 11.9 Å². The molecule has 2 N–H and O–H groups in total. The molecular weight excluding hydrogens is 350 g/mol. The van der Waals surface area contributed by atoms with Gasteiger partial charge < -0.3 is 15.4 Å². The maximum atomic E-state index is 12.2. The summed E-state index contributed by atoms with van der Waals surface area (Å²) in [6.45, 7) is 3.85. The van der Waals surface area contributed by atoms with Gasteiger partial charge in [-0.05, 0) is 30.4 Å². The SMILES string of the molecule is C=CCNc1nc(C(=O)OCC(=O)N[C@@H]2CCCc3ccccc32)cs1. The van der Waals surface area contributed by atoms with Gasteiger partial charge in [0.05, 0.1) is 6.04 Å². The standard InChI is InChI=1S/C19H21N3O3S/c1-2-10-20-19-22-16(12-26-19)18(24)25-11-17(23)21-15-9-5-7-13-6-3-4-8-14(13)15/h2-4,6,8,12,15H,1,5,7,9-11H2,(H,20,22)(H,21,23)/t15-/m1/s1. The second-order valence-corrected chi connectivity index (χ2v) is 6.85. The molecule has 1 heterocycles. The van der Waals surface area contributed by atoms with Gasteiger partial charge >= 0.3 is 5.97 Å². The van der Waals surface area contributed by atoms with Crippen molar-refractivity contribution in [3.05, 3.63) is 59.1 Å². The highest BCUT2D eigenvalue weighted by molar-refractivity contribution is 7.13. The van der Waals surface area contributed by atoms with Crippen LogP contribution in [0.4, 0.5) is 5.13 Å². The van der Waals surface area contributed by atoms with Crippen LogP contribution >= 0.6 is 11.3 Å². The molecule has 1 amide bonds. The second-order valence-electron chi connectivity index (χ2n) is 5.99. The van der Waals surface area contributed by atoms with E-state index in [0.29, 0.717) is 11.7 Å². The number of aryl methyl sites for hydroxylation is 1. The summed E-state index contributed by atoms with van der Waals surface area (Å²) in [4.78, 5) is 28.3. The number of aromatic nitrogens is 1. The molecule has 3 rings (SSSR count). The summed E-state index contributed by atoms with van der Waals surface area (Å²) < 4.78 is 5.08. The molecule has 0 radical (unpaired) electrons. The van der Waals surface area contributed by atoms with Crippen LogP contribution in [0.5, 0.6) is 0 Å². The van der Waals surface area contributed by atoms with Crippen LogP contribution < -0.4 is 10.6 Å². The first kappa shape index (κ1) is 18.1. The topological polar surface area (TPSA) is 80.3 Å². The van der Waals surface area contributed by atoms with Crippen molar-refractivity contribution in [3.63, 3.8) is 0 Å². The van der Waals surface area contributed by atoms with E-state index >= 15 is 0 Å². The number of thiazole rings is 1. The normalized spacial score (nSPS) is 15.6. The number of esters is 1. The highest BCUT2D eigenvalue weighted by Gasteiger charge is 2.22. The van der Waals surface area contributed by atoms with Crippen molar-refractivity contribution in [2.45, 2.75) is 25.3 Å². The first-order valence-electron chi connectivity index (χ1n) is 8.52. The predicted octanol–water partition coefficient (Wildman–Crippen LogP) is 3.09. The number of carbonyl (C=O) groups excluding carboxylic acids is 2. The van der Waals surface area contributed by atoms with Gasteiger partial charge in [-0.2, -0.15) is 0 Å². The third-order valence-electron chi connectivity index (χ3n) is 4.15. The van der Waals surface area contributed by atoms with Gasteiger partial charge in [0.15, 0.2) is 17.4 Å². The number of carbonyl (C=O) groups is 2. The van der Waals surface area contributed by atoms with E-state index in [4.69, 9.17) is 4.74 Å². The molecule has 1 aliphatic rings. The molecule has 1 atom stereocenters. The third kappa shape index (κ3) is 4.49. The molecule has 0 unspecified atom stereocenters. The molecule has 0 aliphatic heterocycles. The fourth-order valence-electron chi connectivity index (χ4n) is 2.95. The Balaban J connectivity index is 1.51. The summed E-state index contributed by atoms with van der Waals surface area (Å²) >= 11 is 1.30. The summed E-state index contributed by atoms with van der Waals surface area (Å²) in [5.74, 6) is -0.910. The summed E-state index contributed by atoms with van der Waals surface area (Å²) in [5.41, 5.74) is 2.61. The van der Waals surface area contributed by atoms with E-state index in [1.54, 1.807) is 11.5 Å². The van der Waals surface area contributed by atoms with Crippen molar-refractivity contribution in [1.29, 1.82) is 0 Å². The number of ether oxygens (including phenoxy) is 1. The van der Waals surface area contributed by atoms with E-state index in [1.807, 2.05) is 18.2 Å². The predicted molar refractivity (Wildman–Crippen MR) is 101 cm³/mol. The lowest BCUT2D eigenvalue weighted by molar-refractivity contribution is -0.125. The Morgan fingerprint density at radius 2 is 2.23 bits per heavy atom. The van der Waals surface area contributed by atoms with Crippen LogP contribution in [0.25, 0.3) is 0 Å². The van der Waals surface area contributed by atoms with Gasteiger partial charge in [0.25, 0.3) is 5.91 Å². The van der Waals surface area contributed by atoms with Crippen LogP contribution in [0.2, 0.25) is 0 Å². The smallest absolute Gasteiger partial charge is 0.358 e. The van der Waals surface area contributed by atoms with Gasteiger partial charge in [-0.3, -0.25) is 4.79 Å². The van der Waals surface area contributed by atoms with E-state index in [-0.39, 0.29) is 24.2 Å². The highest BCUT2D eigenvalue weighted by Crippen LogP contribution is 2.29. The lowest BCUT2D eigenvalue weighted by Gasteiger charge is -2.26. The summed E-state index contributed by atoms with van der Waals surface area (Å²) in [6, 6.07) is 8.09. The van der Waals surface area contributed by atoms with Crippen molar-refractivity contribution in [2.75, 3.05) is 18.5 Å². The van der Waals surface area contributed by atoms with Gasteiger partial charge in [0.1, 0.15) is 0 Å². The van der Waals surface area contributed by atoms with Crippen LogP contribution in [-0.2, 0) is 16.0 Å². The van der Waals surface area contributed by atoms with Crippen molar-refractivity contribution >= 4 is 28.3 Å². The third-order valence-corrected chi connectivity index (χ3v) is 4.95. The summed E-state index contributed by atoms with van der Waals surface area (Å²) in [6.07, 6.45) is 4.65. The number of hydrogen-bond acceptors (Lipinski definition) is 6. The summed E-state index contributed by atoms with van der Waals surface area (Å²) in [5, 5.41) is 8.17. The monoisotopic (exact) mass is 371 g/mol. The zero-order chi connectivity index (χ0) is 18.4. The molecule has 0 bridgehead atoms. The van der Waals surface area contributed by atoms with Crippen LogP contribution in [0, 0.1) is 0 Å². The van der Waals surface area contributed by atoms with Crippen LogP contribution in [0.15, 0.2) is 42.3 Å². The first-order chi connectivity index (χ1) is 12.7. The molecule has 0 saturated heterocycles. The van der Waals surface area contributed by atoms with Crippen molar-refractivity contribution in [1.82, 2.24) is 10.3 Å². The van der Waals surface area contributed by atoms with Crippen molar-refractivity contribution < 1.29 is 14.3 Å². The van der Waals surface area contributed by atoms with Crippen LogP contribution in [0.1, 0.15) is 40.5 Å². The molecule has 0 spiro atoms. The fourth-order valence-corrected chi connectivity index (χ4v) is 3.64. The molecule has 0 saturated carbocycles. The molecule has 1 aromatic carbocycles. The maximum absolute atomic E-state index is 12.2. The number of rotatable bonds is 7. The van der Waals surface area contributed by atoms with E-state index in [2.05, 4.69) is 28.3 Å². The Morgan fingerprint density at radius 3 is 3.08 bits per heavy atom. The Labute approximate surface area is 156 Å². The number of fused-ring (bicyclic) bond motifs is 1. The van der Waals surface area contributed by atoms with E-state index < -0.39 is 5.97 Å². The number of anilines is 1. The molecule has 136 valence electrons. The van der Waals surface area contributed by atoms with Crippen molar-refractivity contribution in [2.24, 2.45) is 0 Å².